The summed E-state index contributed by atoms with van der Waals surface area (Å²) in [7, 11) is 2.09. The Morgan fingerprint density at radius 1 is 1.35 bits per heavy atom. The Morgan fingerprint density at radius 2 is 2.12 bits per heavy atom. The molecule has 3 nitrogen and oxygen atoms in total. The van der Waals surface area contributed by atoms with Crippen LogP contribution in [0.1, 0.15) is 39.0 Å². The molecular weight excluding hydrogens is 212 g/mol. The van der Waals surface area contributed by atoms with Crippen LogP contribution in [0.5, 0.6) is 0 Å². The third-order valence-corrected chi connectivity index (χ3v) is 4.58. The van der Waals surface area contributed by atoms with Gasteiger partial charge in [-0.2, -0.15) is 0 Å². The zero-order chi connectivity index (χ0) is 12.1. The van der Waals surface area contributed by atoms with Crippen LogP contribution in [-0.2, 0) is 4.74 Å². The maximum atomic E-state index is 5.60. The van der Waals surface area contributed by atoms with E-state index in [1.807, 2.05) is 0 Å². The normalized spacial score (nSPS) is 29.6. The fourth-order valence-corrected chi connectivity index (χ4v) is 3.59. The molecule has 1 aliphatic heterocycles. The van der Waals surface area contributed by atoms with Crippen LogP contribution in [0.15, 0.2) is 0 Å². The van der Waals surface area contributed by atoms with Crippen molar-refractivity contribution in [1.82, 2.24) is 10.2 Å². The number of hydrogen-bond acceptors (Lipinski definition) is 3. The molecule has 0 aromatic carbocycles. The van der Waals surface area contributed by atoms with Gasteiger partial charge in [0.25, 0.3) is 0 Å². The van der Waals surface area contributed by atoms with Gasteiger partial charge in [-0.3, -0.25) is 4.90 Å². The molecule has 1 atom stereocenters. The summed E-state index contributed by atoms with van der Waals surface area (Å²) in [6.45, 7) is 7.73. The summed E-state index contributed by atoms with van der Waals surface area (Å²) in [4.78, 5) is 2.69. The van der Waals surface area contributed by atoms with Crippen LogP contribution in [0.4, 0.5) is 0 Å². The minimum atomic E-state index is 0.541. The molecule has 1 N–H and O–H groups in total. The highest BCUT2D eigenvalue weighted by Crippen LogP contribution is 2.39. The molecule has 1 heterocycles. The van der Waals surface area contributed by atoms with Gasteiger partial charge in [-0.25, -0.2) is 0 Å². The van der Waals surface area contributed by atoms with Crippen molar-refractivity contribution in [3.63, 3.8) is 0 Å². The number of nitrogens with zero attached hydrogens (tertiary/aromatic N) is 1. The topological polar surface area (TPSA) is 24.5 Å². The third kappa shape index (κ3) is 3.21. The number of morpholine rings is 1. The number of ether oxygens (including phenoxy) is 1. The van der Waals surface area contributed by atoms with Crippen molar-refractivity contribution in [2.45, 2.75) is 45.1 Å². The molecule has 100 valence electrons. The van der Waals surface area contributed by atoms with E-state index in [0.29, 0.717) is 11.5 Å². The van der Waals surface area contributed by atoms with Crippen molar-refractivity contribution in [3.05, 3.63) is 0 Å². The van der Waals surface area contributed by atoms with Gasteiger partial charge >= 0.3 is 0 Å². The van der Waals surface area contributed by atoms with E-state index >= 15 is 0 Å². The Balaban J connectivity index is 1.96. The van der Waals surface area contributed by atoms with Gasteiger partial charge in [0.05, 0.1) is 13.2 Å². The van der Waals surface area contributed by atoms with Crippen molar-refractivity contribution >= 4 is 0 Å². The van der Waals surface area contributed by atoms with E-state index in [9.17, 15) is 0 Å². The summed E-state index contributed by atoms with van der Waals surface area (Å²) in [5, 5.41) is 3.41. The molecule has 1 saturated heterocycles. The first-order valence-electron chi connectivity index (χ1n) is 7.26. The lowest BCUT2D eigenvalue weighted by Crippen LogP contribution is -2.51. The minimum Gasteiger partial charge on any atom is -0.378 e. The predicted octanol–water partition coefficient (Wildman–Crippen LogP) is 1.88. The standard InChI is InChI=1S/C14H28N2O/c1-3-13-10-17-9-8-16(13)12-14(11-15-2)6-4-5-7-14/h13,15H,3-12H2,1-2H3. The Morgan fingerprint density at radius 3 is 2.76 bits per heavy atom. The van der Waals surface area contributed by atoms with E-state index in [-0.39, 0.29) is 0 Å². The molecule has 0 bridgehead atoms. The monoisotopic (exact) mass is 240 g/mol. The second-order valence-electron chi connectivity index (χ2n) is 5.84. The molecule has 1 aliphatic carbocycles. The van der Waals surface area contributed by atoms with E-state index in [2.05, 4.69) is 24.2 Å². The highest BCUT2D eigenvalue weighted by Gasteiger charge is 2.37. The molecule has 0 aromatic heterocycles. The van der Waals surface area contributed by atoms with Crippen molar-refractivity contribution < 1.29 is 4.74 Å². The van der Waals surface area contributed by atoms with Crippen LogP contribution in [0.2, 0.25) is 0 Å². The maximum Gasteiger partial charge on any atom is 0.0622 e. The Kier molecular flexibility index (Phi) is 4.83. The summed E-state index contributed by atoms with van der Waals surface area (Å²) in [5.41, 5.74) is 0.541. The lowest BCUT2D eigenvalue weighted by Gasteiger charge is -2.41. The molecule has 0 radical (unpaired) electrons. The molecule has 0 aromatic rings. The maximum absolute atomic E-state index is 5.60. The number of rotatable bonds is 5. The van der Waals surface area contributed by atoms with Gasteiger partial charge < -0.3 is 10.1 Å². The number of hydrogen-bond donors (Lipinski definition) is 1. The lowest BCUT2D eigenvalue weighted by molar-refractivity contribution is -0.0273. The van der Waals surface area contributed by atoms with E-state index < -0.39 is 0 Å². The molecule has 2 fully saturated rings. The number of nitrogens with one attached hydrogen (secondary N) is 1. The van der Waals surface area contributed by atoms with Crippen LogP contribution < -0.4 is 5.32 Å². The summed E-state index contributed by atoms with van der Waals surface area (Å²) < 4.78 is 5.60. The smallest absolute Gasteiger partial charge is 0.0622 e. The summed E-state index contributed by atoms with van der Waals surface area (Å²) in [6.07, 6.45) is 6.87. The second-order valence-corrected chi connectivity index (χ2v) is 5.84. The average molecular weight is 240 g/mol. The van der Waals surface area contributed by atoms with Gasteiger partial charge in [0.15, 0.2) is 0 Å². The molecule has 1 unspecified atom stereocenters. The SMILES string of the molecule is CCC1COCCN1CC1(CNC)CCCC1. The van der Waals surface area contributed by atoms with Gasteiger partial charge in [-0.15, -0.1) is 0 Å². The average Bonchev–Trinajstić information content (AvgIpc) is 2.79. The molecule has 2 aliphatic rings. The first-order valence-corrected chi connectivity index (χ1v) is 7.26. The molecule has 2 rings (SSSR count). The summed E-state index contributed by atoms with van der Waals surface area (Å²) >= 11 is 0. The van der Waals surface area contributed by atoms with Crippen LogP contribution in [-0.4, -0.2) is 50.8 Å². The van der Waals surface area contributed by atoms with Gasteiger partial charge in [0, 0.05) is 25.7 Å². The lowest BCUT2D eigenvalue weighted by atomic mass is 9.84. The summed E-state index contributed by atoms with van der Waals surface area (Å²) in [5.74, 6) is 0. The first kappa shape index (κ1) is 13.3. The van der Waals surface area contributed by atoms with E-state index in [1.54, 1.807) is 0 Å². The Labute approximate surface area is 106 Å². The second kappa shape index (κ2) is 6.17. The van der Waals surface area contributed by atoms with Crippen LogP contribution in [0.3, 0.4) is 0 Å². The third-order valence-electron chi connectivity index (χ3n) is 4.58. The van der Waals surface area contributed by atoms with Crippen molar-refractivity contribution in [3.8, 4) is 0 Å². The largest absolute Gasteiger partial charge is 0.378 e. The quantitative estimate of drug-likeness (QED) is 0.794. The minimum absolute atomic E-state index is 0.541. The van der Waals surface area contributed by atoms with Crippen molar-refractivity contribution in [2.24, 2.45) is 5.41 Å². The fourth-order valence-electron chi connectivity index (χ4n) is 3.59. The van der Waals surface area contributed by atoms with Crippen LogP contribution in [0.25, 0.3) is 0 Å². The van der Waals surface area contributed by atoms with E-state index in [4.69, 9.17) is 4.74 Å². The van der Waals surface area contributed by atoms with Gasteiger partial charge in [0.1, 0.15) is 0 Å². The molecule has 0 spiro atoms. The fraction of sp³-hybridized carbons (Fsp3) is 1.00. The highest BCUT2D eigenvalue weighted by molar-refractivity contribution is 4.91. The van der Waals surface area contributed by atoms with Crippen molar-refractivity contribution in [1.29, 1.82) is 0 Å². The van der Waals surface area contributed by atoms with Crippen molar-refractivity contribution in [2.75, 3.05) is 39.9 Å². The molecule has 3 heteroatoms. The Hall–Kier alpha value is -0.120. The van der Waals surface area contributed by atoms with Gasteiger partial charge in [-0.05, 0) is 31.7 Å². The zero-order valence-corrected chi connectivity index (χ0v) is 11.5. The zero-order valence-electron chi connectivity index (χ0n) is 11.5. The molecule has 17 heavy (non-hydrogen) atoms. The van der Waals surface area contributed by atoms with E-state index in [0.717, 1.165) is 19.8 Å². The molecule has 1 saturated carbocycles. The first-order chi connectivity index (χ1) is 8.29. The predicted molar refractivity (Wildman–Crippen MR) is 71.3 cm³/mol. The van der Waals surface area contributed by atoms with Gasteiger partial charge in [-0.1, -0.05) is 19.8 Å². The molecular formula is C14H28N2O. The highest BCUT2D eigenvalue weighted by atomic mass is 16.5. The Bertz CT molecular complexity index is 226. The van der Waals surface area contributed by atoms with Crippen LogP contribution >= 0.6 is 0 Å². The van der Waals surface area contributed by atoms with Crippen LogP contribution in [0, 0.1) is 5.41 Å². The molecule has 0 amide bonds. The van der Waals surface area contributed by atoms with E-state index in [1.165, 1.54) is 45.2 Å². The summed E-state index contributed by atoms with van der Waals surface area (Å²) in [6, 6.07) is 0.651. The van der Waals surface area contributed by atoms with Gasteiger partial charge in [0.2, 0.25) is 0 Å².